The van der Waals surface area contributed by atoms with Crippen molar-refractivity contribution in [3.05, 3.63) is 17.0 Å². The molecule has 22 heavy (non-hydrogen) atoms. The minimum absolute atomic E-state index is 0.00294. The summed E-state index contributed by atoms with van der Waals surface area (Å²) in [5, 5.41) is 15.8. The average Bonchev–Trinajstić information content (AvgIpc) is 3.15. The molecule has 5 nitrogen and oxygen atoms in total. The van der Waals surface area contributed by atoms with Gasteiger partial charge in [-0.05, 0) is 26.7 Å². The second kappa shape index (κ2) is 5.91. The number of aliphatic hydroxyl groups excluding tert-OH is 1. The van der Waals surface area contributed by atoms with Crippen LogP contribution in [0.5, 0.6) is 0 Å². The minimum atomic E-state index is -4.35. The van der Waals surface area contributed by atoms with Crippen molar-refractivity contribution in [3.8, 4) is 0 Å². The number of hydrogen-bond acceptors (Lipinski definition) is 3. The summed E-state index contributed by atoms with van der Waals surface area (Å²) in [5.74, 6) is -0.266. The topological polar surface area (TPSA) is 67.2 Å². The Kier molecular flexibility index (Phi) is 4.51. The van der Waals surface area contributed by atoms with Crippen molar-refractivity contribution in [2.24, 2.45) is 5.41 Å². The summed E-state index contributed by atoms with van der Waals surface area (Å²) in [5.41, 5.74) is 1.12. The Bertz CT molecular complexity index is 562. The van der Waals surface area contributed by atoms with E-state index in [1.165, 1.54) is 6.92 Å². The number of aryl methyl sites for hydroxylation is 1. The number of hydrogen-bond donors (Lipinski definition) is 2. The number of halogens is 3. The van der Waals surface area contributed by atoms with Crippen LogP contribution in [0.15, 0.2) is 0 Å². The van der Waals surface area contributed by atoms with Crippen molar-refractivity contribution in [1.82, 2.24) is 15.1 Å². The zero-order valence-corrected chi connectivity index (χ0v) is 12.6. The van der Waals surface area contributed by atoms with E-state index in [1.807, 2.05) is 0 Å². The molecular weight excluding hydrogens is 299 g/mol. The van der Waals surface area contributed by atoms with E-state index in [2.05, 4.69) is 10.4 Å². The van der Waals surface area contributed by atoms with Crippen LogP contribution in [0.25, 0.3) is 0 Å². The maximum absolute atomic E-state index is 12.5. The van der Waals surface area contributed by atoms with E-state index in [0.717, 1.165) is 17.5 Å². The molecular formula is C14H20F3N3O2. The van der Waals surface area contributed by atoms with Crippen molar-refractivity contribution < 1.29 is 23.1 Å². The minimum Gasteiger partial charge on any atom is -0.396 e. The number of aromatic nitrogens is 2. The predicted molar refractivity (Wildman–Crippen MR) is 73.2 cm³/mol. The van der Waals surface area contributed by atoms with Crippen molar-refractivity contribution in [3.63, 3.8) is 0 Å². The van der Waals surface area contributed by atoms with E-state index in [-0.39, 0.29) is 24.3 Å². The third-order valence-corrected chi connectivity index (χ3v) is 4.15. The Morgan fingerprint density at radius 2 is 2.05 bits per heavy atom. The van der Waals surface area contributed by atoms with Crippen molar-refractivity contribution >= 4 is 5.91 Å². The molecule has 0 bridgehead atoms. The van der Waals surface area contributed by atoms with Crippen LogP contribution in [0, 0.1) is 19.3 Å². The molecule has 1 heterocycles. The van der Waals surface area contributed by atoms with E-state index >= 15 is 0 Å². The molecule has 1 aliphatic carbocycles. The smallest absolute Gasteiger partial charge is 0.396 e. The summed E-state index contributed by atoms with van der Waals surface area (Å²) in [6, 6.07) is 0. The zero-order chi connectivity index (χ0) is 16.5. The van der Waals surface area contributed by atoms with Gasteiger partial charge in [-0.2, -0.15) is 18.3 Å². The highest BCUT2D eigenvalue weighted by molar-refractivity contribution is 5.79. The highest BCUT2D eigenvalue weighted by atomic mass is 19.4. The molecule has 0 saturated heterocycles. The van der Waals surface area contributed by atoms with Gasteiger partial charge in [-0.1, -0.05) is 0 Å². The molecule has 1 aromatic heterocycles. The van der Waals surface area contributed by atoms with E-state index in [9.17, 15) is 23.1 Å². The van der Waals surface area contributed by atoms with E-state index in [0.29, 0.717) is 23.5 Å². The van der Waals surface area contributed by atoms with Crippen LogP contribution in [-0.4, -0.2) is 40.1 Å². The largest absolute Gasteiger partial charge is 0.408 e. The first-order valence-electron chi connectivity index (χ1n) is 7.13. The summed E-state index contributed by atoms with van der Waals surface area (Å²) < 4.78 is 38.3. The number of aliphatic hydroxyl groups is 1. The molecule has 1 fully saturated rings. The lowest BCUT2D eigenvalue weighted by Gasteiger charge is -2.13. The molecule has 1 aromatic rings. The number of nitrogens with zero attached hydrogens (tertiary/aromatic N) is 2. The summed E-state index contributed by atoms with van der Waals surface area (Å²) >= 11 is 0. The molecule has 1 aliphatic rings. The number of carbonyl (C=O) groups is 1. The van der Waals surface area contributed by atoms with Crippen molar-refractivity contribution in [2.45, 2.75) is 45.8 Å². The van der Waals surface area contributed by atoms with Gasteiger partial charge in [0.1, 0.15) is 6.54 Å². The highest BCUT2D eigenvalue weighted by Crippen LogP contribution is 2.44. The normalized spacial score (nSPS) is 16.6. The first-order valence-corrected chi connectivity index (χ1v) is 7.13. The summed E-state index contributed by atoms with van der Waals surface area (Å²) in [6.07, 6.45) is -2.59. The molecule has 2 rings (SSSR count). The van der Waals surface area contributed by atoms with Crippen LogP contribution in [-0.2, 0) is 17.8 Å². The number of rotatable bonds is 6. The monoisotopic (exact) mass is 319 g/mol. The fourth-order valence-corrected chi connectivity index (χ4v) is 2.39. The fourth-order valence-electron chi connectivity index (χ4n) is 2.39. The molecule has 1 amide bonds. The summed E-state index contributed by atoms with van der Waals surface area (Å²) in [7, 11) is 0. The van der Waals surface area contributed by atoms with Crippen LogP contribution >= 0.6 is 0 Å². The standard InChI is InChI=1S/C14H20F3N3O2/c1-9-11(10(2)20(19-9)7-14(15,16)17)5-12(22)18-6-13(8-21)3-4-13/h21H,3-8H2,1-2H3,(H,18,22). The van der Waals surface area contributed by atoms with Crippen LogP contribution < -0.4 is 5.32 Å². The maximum atomic E-state index is 12.5. The Hall–Kier alpha value is -1.57. The van der Waals surface area contributed by atoms with Crippen LogP contribution in [0.3, 0.4) is 0 Å². The molecule has 1 saturated carbocycles. The molecule has 8 heteroatoms. The van der Waals surface area contributed by atoms with Gasteiger partial charge in [0.2, 0.25) is 5.91 Å². The molecule has 2 N–H and O–H groups in total. The first-order chi connectivity index (χ1) is 10.2. The van der Waals surface area contributed by atoms with Crippen LogP contribution in [0.1, 0.15) is 29.8 Å². The summed E-state index contributed by atoms with van der Waals surface area (Å²) in [6.45, 7) is 2.41. The molecule has 0 atom stereocenters. The van der Waals surface area contributed by atoms with Crippen molar-refractivity contribution in [2.75, 3.05) is 13.2 Å². The number of carbonyl (C=O) groups excluding carboxylic acids is 1. The lowest BCUT2D eigenvalue weighted by Crippen LogP contribution is -2.33. The average molecular weight is 319 g/mol. The zero-order valence-electron chi connectivity index (χ0n) is 12.6. The number of amides is 1. The highest BCUT2D eigenvalue weighted by Gasteiger charge is 2.42. The SMILES string of the molecule is Cc1nn(CC(F)(F)F)c(C)c1CC(=O)NCC1(CO)CC1. The van der Waals surface area contributed by atoms with Crippen LogP contribution in [0.4, 0.5) is 13.2 Å². The molecule has 124 valence electrons. The third-order valence-electron chi connectivity index (χ3n) is 4.15. The molecule has 0 aliphatic heterocycles. The van der Waals surface area contributed by atoms with Crippen molar-refractivity contribution in [1.29, 1.82) is 0 Å². The Morgan fingerprint density at radius 1 is 1.41 bits per heavy atom. The quantitative estimate of drug-likeness (QED) is 0.835. The Morgan fingerprint density at radius 3 is 2.55 bits per heavy atom. The lowest BCUT2D eigenvalue weighted by molar-refractivity contribution is -0.142. The van der Waals surface area contributed by atoms with Gasteiger partial charge in [0, 0.05) is 23.2 Å². The van der Waals surface area contributed by atoms with Gasteiger partial charge in [-0.15, -0.1) is 0 Å². The summed E-state index contributed by atoms with van der Waals surface area (Å²) in [4.78, 5) is 11.9. The third kappa shape index (κ3) is 4.00. The number of nitrogens with one attached hydrogen (secondary N) is 1. The van der Waals surface area contributed by atoms with E-state index in [1.54, 1.807) is 6.92 Å². The Balaban J connectivity index is 1.98. The van der Waals surface area contributed by atoms with Gasteiger partial charge < -0.3 is 10.4 Å². The predicted octanol–water partition coefficient (Wildman–Crippen LogP) is 1.49. The maximum Gasteiger partial charge on any atom is 0.408 e. The molecule has 0 spiro atoms. The Labute approximate surface area is 126 Å². The van der Waals surface area contributed by atoms with Gasteiger partial charge in [-0.3, -0.25) is 9.48 Å². The fraction of sp³-hybridized carbons (Fsp3) is 0.714. The second-order valence-electron chi connectivity index (χ2n) is 6.03. The lowest BCUT2D eigenvalue weighted by atomic mass is 10.1. The molecule has 0 radical (unpaired) electrons. The van der Waals surface area contributed by atoms with Gasteiger partial charge >= 0.3 is 6.18 Å². The number of alkyl halides is 3. The van der Waals surface area contributed by atoms with Gasteiger partial charge in [-0.25, -0.2) is 0 Å². The molecule has 0 aromatic carbocycles. The van der Waals surface area contributed by atoms with Crippen LogP contribution in [0.2, 0.25) is 0 Å². The second-order valence-corrected chi connectivity index (χ2v) is 6.03. The van der Waals surface area contributed by atoms with Gasteiger partial charge in [0.25, 0.3) is 0 Å². The van der Waals surface area contributed by atoms with E-state index in [4.69, 9.17) is 0 Å². The first kappa shape index (κ1) is 16.8. The van der Waals surface area contributed by atoms with Gasteiger partial charge in [0.05, 0.1) is 18.7 Å². The van der Waals surface area contributed by atoms with E-state index < -0.39 is 12.7 Å². The molecule has 0 unspecified atom stereocenters. The van der Waals surface area contributed by atoms with Gasteiger partial charge in [0.15, 0.2) is 0 Å².